The van der Waals surface area contributed by atoms with Crippen molar-refractivity contribution in [1.82, 2.24) is 0 Å². The molecule has 0 heterocycles. The van der Waals surface area contributed by atoms with E-state index in [2.05, 4.69) is 0 Å². The number of aliphatic hydroxyl groups is 1. The lowest BCUT2D eigenvalue weighted by molar-refractivity contribution is -0.137. The van der Waals surface area contributed by atoms with E-state index < -0.39 is 5.97 Å². The molecule has 3 nitrogen and oxygen atoms in total. The van der Waals surface area contributed by atoms with Crippen LogP contribution in [0.15, 0.2) is 18.2 Å². The van der Waals surface area contributed by atoms with Crippen LogP contribution in [0.4, 0.5) is 0 Å². The first-order valence-electron chi connectivity index (χ1n) is 4.94. The first-order valence-corrected chi connectivity index (χ1v) is 4.94. The van der Waals surface area contributed by atoms with Gasteiger partial charge in [0.1, 0.15) is 0 Å². The van der Waals surface area contributed by atoms with Gasteiger partial charge < -0.3 is 10.2 Å². The molecule has 0 radical (unpaired) electrons. The van der Waals surface area contributed by atoms with Crippen LogP contribution in [0.3, 0.4) is 0 Å². The van der Waals surface area contributed by atoms with Gasteiger partial charge in [0.05, 0.1) is 13.0 Å². The number of carboxylic acid groups (broad SMARTS) is 1. The Morgan fingerprint density at radius 3 is 2.53 bits per heavy atom. The molecule has 0 spiro atoms. The van der Waals surface area contributed by atoms with Gasteiger partial charge >= 0.3 is 5.97 Å². The minimum absolute atomic E-state index is 0.0274. The number of carboxylic acids is 1. The fraction of sp³-hybridized carbons (Fsp3) is 0.417. The summed E-state index contributed by atoms with van der Waals surface area (Å²) in [5.74, 6) is -1.18. The summed E-state index contributed by atoms with van der Waals surface area (Å²) < 4.78 is 0. The number of hydrogen-bond donors (Lipinski definition) is 2. The molecule has 2 N–H and O–H groups in total. The maximum atomic E-state index is 10.6. The van der Waals surface area contributed by atoms with Crippen molar-refractivity contribution in [2.45, 2.75) is 26.2 Å². The predicted molar refractivity (Wildman–Crippen MR) is 58.0 cm³/mol. The molecule has 1 aromatic carbocycles. The van der Waals surface area contributed by atoms with Crippen molar-refractivity contribution in [3.8, 4) is 0 Å². The lowest BCUT2D eigenvalue weighted by Gasteiger charge is -2.15. The smallest absolute Gasteiger partial charge is 0.304 e. The fourth-order valence-electron chi connectivity index (χ4n) is 1.77. The molecule has 0 aliphatic heterocycles. The number of aliphatic hydroxyl groups excluding tert-OH is 1. The van der Waals surface area contributed by atoms with Crippen molar-refractivity contribution >= 4 is 5.97 Å². The molecule has 3 heteroatoms. The maximum absolute atomic E-state index is 10.6. The summed E-state index contributed by atoms with van der Waals surface area (Å²) in [6.45, 7) is 3.80. The summed E-state index contributed by atoms with van der Waals surface area (Å²) in [4.78, 5) is 10.6. The summed E-state index contributed by atoms with van der Waals surface area (Å²) in [5, 5.41) is 17.9. The van der Waals surface area contributed by atoms with E-state index in [4.69, 9.17) is 10.2 Å². The van der Waals surface area contributed by atoms with Gasteiger partial charge in [0.2, 0.25) is 0 Å². The monoisotopic (exact) mass is 208 g/mol. The zero-order valence-corrected chi connectivity index (χ0v) is 9.03. The summed E-state index contributed by atoms with van der Waals surface area (Å²) >= 11 is 0. The molecule has 0 aliphatic carbocycles. The third kappa shape index (κ3) is 3.06. The standard InChI is InChI=1S/C12H16O3/c1-8-3-4-11(9(2)5-8)10(7-13)6-12(14)15/h3-5,10,13H,6-7H2,1-2H3,(H,14,15). The molecule has 1 aromatic rings. The summed E-state index contributed by atoms with van der Waals surface area (Å²) in [5.41, 5.74) is 3.10. The minimum atomic E-state index is -0.881. The average Bonchev–Trinajstić information content (AvgIpc) is 2.14. The van der Waals surface area contributed by atoms with Crippen LogP contribution in [0, 0.1) is 13.8 Å². The van der Waals surface area contributed by atoms with Crippen LogP contribution >= 0.6 is 0 Å². The Kier molecular flexibility index (Phi) is 3.86. The van der Waals surface area contributed by atoms with Gasteiger partial charge in [0.15, 0.2) is 0 Å². The Morgan fingerprint density at radius 1 is 1.40 bits per heavy atom. The van der Waals surface area contributed by atoms with Crippen LogP contribution in [-0.4, -0.2) is 22.8 Å². The van der Waals surface area contributed by atoms with Crippen molar-refractivity contribution in [3.05, 3.63) is 34.9 Å². The van der Waals surface area contributed by atoms with Gasteiger partial charge in [-0.25, -0.2) is 0 Å². The van der Waals surface area contributed by atoms with E-state index in [1.54, 1.807) is 0 Å². The third-order valence-electron chi connectivity index (χ3n) is 2.51. The van der Waals surface area contributed by atoms with Gasteiger partial charge in [0.25, 0.3) is 0 Å². The van der Waals surface area contributed by atoms with Gasteiger partial charge in [0, 0.05) is 5.92 Å². The number of rotatable bonds is 4. The molecule has 0 saturated heterocycles. The normalized spacial score (nSPS) is 12.5. The highest BCUT2D eigenvalue weighted by Crippen LogP contribution is 2.23. The Bertz CT molecular complexity index is 358. The molecule has 0 aliphatic rings. The number of aryl methyl sites for hydroxylation is 2. The molecule has 1 unspecified atom stereocenters. The number of hydrogen-bond acceptors (Lipinski definition) is 2. The Morgan fingerprint density at radius 2 is 2.07 bits per heavy atom. The molecule has 0 aromatic heterocycles. The zero-order valence-electron chi connectivity index (χ0n) is 9.03. The second-order valence-corrected chi connectivity index (χ2v) is 3.84. The molecule has 15 heavy (non-hydrogen) atoms. The van der Waals surface area contributed by atoms with Crippen molar-refractivity contribution in [1.29, 1.82) is 0 Å². The summed E-state index contributed by atoms with van der Waals surface area (Å²) in [6.07, 6.45) is -0.0274. The molecule has 0 amide bonds. The topological polar surface area (TPSA) is 57.5 Å². The molecule has 82 valence electrons. The van der Waals surface area contributed by atoms with Crippen molar-refractivity contribution in [3.63, 3.8) is 0 Å². The van der Waals surface area contributed by atoms with Gasteiger partial charge in [-0.1, -0.05) is 23.8 Å². The predicted octanol–water partition coefficient (Wildman–Crippen LogP) is 1.85. The van der Waals surface area contributed by atoms with Crippen LogP contribution in [-0.2, 0) is 4.79 Å². The van der Waals surface area contributed by atoms with Crippen LogP contribution < -0.4 is 0 Å². The van der Waals surface area contributed by atoms with E-state index in [9.17, 15) is 4.79 Å². The Balaban J connectivity index is 2.96. The molecular weight excluding hydrogens is 192 g/mol. The van der Waals surface area contributed by atoms with Crippen LogP contribution in [0.25, 0.3) is 0 Å². The number of benzene rings is 1. The van der Waals surface area contributed by atoms with Gasteiger partial charge in [-0.15, -0.1) is 0 Å². The van der Waals surface area contributed by atoms with Crippen molar-refractivity contribution in [2.24, 2.45) is 0 Å². The highest BCUT2D eigenvalue weighted by atomic mass is 16.4. The van der Waals surface area contributed by atoms with Crippen LogP contribution in [0.1, 0.15) is 29.0 Å². The fourth-order valence-corrected chi connectivity index (χ4v) is 1.77. The zero-order chi connectivity index (χ0) is 11.4. The first-order chi connectivity index (χ1) is 7.04. The summed E-state index contributed by atoms with van der Waals surface area (Å²) in [7, 11) is 0. The molecule has 1 atom stereocenters. The third-order valence-corrected chi connectivity index (χ3v) is 2.51. The lowest BCUT2D eigenvalue weighted by atomic mass is 9.92. The van der Waals surface area contributed by atoms with E-state index in [1.165, 1.54) is 0 Å². The van der Waals surface area contributed by atoms with Crippen molar-refractivity contribution in [2.75, 3.05) is 6.61 Å². The molecule has 0 bridgehead atoms. The largest absolute Gasteiger partial charge is 0.481 e. The number of aliphatic carboxylic acids is 1. The van der Waals surface area contributed by atoms with Gasteiger partial charge in [-0.3, -0.25) is 4.79 Å². The first kappa shape index (κ1) is 11.7. The Hall–Kier alpha value is -1.35. The van der Waals surface area contributed by atoms with Crippen molar-refractivity contribution < 1.29 is 15.0 Å². The van der Waals surface area contributed by atoms with Gasteiger partial charge in [-0.05, 0) is 25.0 Å². The van der Waals surface area contributed by atoms with E-state index in [-0.39, 0.29) is 18.9 Å². The second kappa shape index (κ2) is 4.94. The summed E-state index contributed by atoms with van der Waals surface area (Å²) in [6, 6.07) is 5.83. The molecular formula is C12H16O3. The van der Waals surface area contributed by atoms with E-state index >= 15 is 0 Å². The molecule has 0 fully saturated rings. The second-order valence-electron chi connectivity index (χ2n) is 3.84. The highest BCUT2D eigenvalue weighted by Gasteiger charge is 2.16. The van der Waals surface area contributed by atoms with E-state index in [0.717, 1.165) is 16.7 Å². The van der Waals surface area contributed by atoms with E-state index in [1.807, 2.05) is 32.0 Å². The Labute approximate surface area is 89.4 Å². The van der Waals surface area contributed by atoms with E-state index in [0.29, 0.717) is 0 Å². The minimum Gasteiger partial charge on any atom is -0.481 e. The van der Waals surface area contributed by atoms with Crippen LogP contribution in [0.5, 0.6) is 0 Å². The highest BCUT2D eigenvalue weighted by molar-refractivity contribution is 5.68. The maximum Gasteiger partial charge on any atom is 0.304 e. The van der Waals surface area contributed by atoms with Crippen LogP contribution in [0.2, 0.25) is 0 Å². The SMILES string of the molecule is Cc1ccc(C(CO)CC(=O)O)c(C)c1. The number of carbonyl (C=O) groups is 1. The lowest BCUT2D eigenvalue weighted by Crippen LogP contribution is -2.11. The molecule has 1 rings (SSSR count). The van der Waals surface area contributed by atoms with Gasteiger partial charge in [-0.2, -0.15) is 0 Å². The molecule has 0 saturated carbocycles. The quantitative estimate of drug-likeness (QED) is 0.794. The average molecular weight is 208 g/mol.